The molecule has 19 heavy (non-hydrogen) atoms. The van der Waals surface area contributed by atoms with E-state index in [9.17, 15) is 0 Å². The predicted octanol–water partition coefficient (Wildman–Crippen LogP) is 4.11. The highest BCUT2D eigenvalue weighted by Crippen LogP contribution is 2.24. The van der Waals surface area contributed by atoms with E-state index in [-0.39, 0.29) is 0 Å². The molecule has 1 aromatic rings. The normalized spacial score (nSPS) is 19.7. The minimum atomic E-state index is 0.623. The molecule has 108 valence electrons. The largest absolute Gasteiger partial charge is 0.309 e. The van der Waals surface area contributed by atoms with Gasteiger partial charge in [0.25, 0.3) is 0 Å². The molecular formula is C15H25BrN2S. The number of thiophene rings is 1. The lowest BCUT2D eigenvalue weighted by Gasteiger charge is -2.35. The van der Waals surface area contributed by atoms with Gasteiger partial charge in [0.05, 0.1) is 0 Å². The zero-order valence-electron chi connectivity index (χ0n) is 12.0. The van der Waals surface area contributed by atoms with E-state index in [1.54, 1.807) is 0 Å². The second-order valence-electron chi connectivity index (χ2n) is 5.54. The van der Waals surface area contributed by atoms with Crippen LogP contribution in [0.1, 0.15) is 38.0 Å². The van der Waals surface area contributed by atoms with Crippen molar-refractivity contribution in [2.75, 3.05) is 19.6 Å². The summed E-state index contributed by atoms with van der Waals surface area (Å²) in [7, 11) is 0. The van der Waals surface area contributed by atoms with Crippen LogP contribution in [0.3, 0.4) is 0 Å². The summed E-state index contributed by atoms with van der Waals surface area (Å²) < 4.78 is 1.25. The number of piperidine rings is 1. The molecule has 0 aromatic carbocycles. The van der Waals surface area contributed by atoms with Gasteiger partial charge in [0.2, 0.25) is 0 Å². The number of rotatable bonds is 6. The first-order valence-corrected chi connectivity index (χ1v) is 9.05. The van der Waals surface area contributed by atoms with E-state index >= 15 is 0 Å². The molecule has 1 fully saturated rings. The van der Waals surface area contributed by atoms with Gasteiger partial charge in [-0.1, -0.05) is 6.92 Å². The Morgan fingerprint density at radius 1 is 1.47 bits per heavy atom. The van der Waals surface area contributed by atoms with Gasteiger partial charge in [-0.3, -0.25) is 0 Å². The fraction of sp³-hybridized carbons (Fsp3) is 0.733. The summed E-state index contributed by atoms with van der Waals surface area (Å²) >= 11 is 5.43. The maximum atomic E-state index is 3.70. The first-order valence-electron chi connectivity index (χ1n) is 7.38. The van der Waals surface area contributed by atoms with Gasteiger partial charge >= 0.3 is 0 Å². The molecule has 2 rings (SSSR count). The Bertz CT molecular complexity index is 372. The highest BCUT2D eigenvalue weighted by molar-refractivity contribution is 9.10. The molecule has 4 heteroatoms. The Morgan fingerprint density at radius 2 is 2.21 bits per heavy atom. The lowest BCUT2D eigenvalue weighted by Crippen LogP contribution is -2.41. The van der Waals surface area contributed by atoms with Crippen molar-refractivity contribution < 1.29 is 0 Å². The van der Waals surface area contributed by atoms with Crippen molar-refractivity contribution in [1.82, 2.24) is 10.2 Å². The Morgan fingerprint density at radius 3 is 2.79 bits per heavy atom. The highest BCUT2D eigenvalue weighted by Gasteiger charge is 2.23. The van der Waals surface area contributed by atoms with Crippen molar-refractivity contribution in [3.05, 3.63) is 20.8 Å². The van der Waals surface area contributed by atoms with Crippen LogP contribution < -0.4 is 5.32 Å². The van der Waals surface area contributed by atoms with Crippen LogP contribution in [0, 0.1) is 5.92 Å². The van der Waals surface area contributed by atoms with Gasteiger partial charge in [-0.25, -0.2) is 0 Å². The summed E-state index contributed by atoms with van der Waals surface area (Å²) in [4.78, 5) is 4.02. The molecule has 1 saturated heterocycles. The lowest BCUT2D eigenvalue weighted by atomic mass is 9.90. The smallest absolute Gasteiger partial charge is 0.0327 e. The predicted molar refractivity (Wildman–Crippen MR) is 87.8 cm³/mol. The van der Waals surface area contributed by atoms with Crippen LogP contribution in [0.15, 0.2) is 15.9 Å². The van der Waals surface area contributed by atoms with Crippen LogP contribution in [0.5, 0.6) is 0 Å². The monoisotopic (exact) mass is 344 g/mol. The standard InChI is InChI=1S/C15H25BrN2S/c1-3-7-18-8-4-13(5-9-18)12(2)17-11-15-14(16)6-10-19-15/h6,10,12-13,17H,3-5,7-9,11H2,1-2H3. The molecular weight excluding hydrogens is 320 g/mol. The van der Waals surface area contributed by atoms with E-state index in [1.165, 1.54) is 48.2 Å². The molecule has 1 atom stereocenters. The fourth-order valence-corrected chi connectivity index (χ4v) is 4.31. The molecule has 0 radical (unpaired) electrons. The average molecular weight is 345 g/mol. The van der Waals surface area contributed by atoms with Gasteiger partial charge in [-0.05, 0) is 79.1 Å². The zero-order chi connectivity index (χ0) is 13.7. The maximum absolute atomic E-state index is 3.70. The molecule has 0 aliphatic carbocycles. The maximum Gasteiger partial charge on any atom is 0.0327 e. The third-order valence-electron chi connectivity index (χ3n) is 4.15. The molecule has 1 aromatic heterocycles. The van der Waals surface area contributed by atoms with Crippen LogP contribution in [-0.4, -0.2) is 30.6 Å². The van der Waals surface area contributed by atoms with Gasteiger partial charge in [-0.15, -0.1) is 11.3 Å². The Kier molecular flexibility index (Phi) is 6.33. The minimum absolute atomic E-state index is 0.623. The highest BCUT2D eigenvalue weighted by atomic mass is 79.9. The number of nitrogens with one attached hydrogen (secondary N) is 1. The summed E-state index contributed by atoms with van der Waals surface area (Å²) in [6.07, 6.45) is 3.98. The second-order valence-corrected chi connectivity index (χ2v) is 7.40. The number of halogens is 1. The number of hydrogen-bond donors (Lipinski definition) is 1. The summed E-state index contributed by atoms with van der Waals surface area (Å²) in [5.74, 6) is 0.840. The number of likely N-dealkylation sites (tertiary alicyclic amines) is 1. The van der Waals surface area contributed by atoms with E-state index < -0.39 is 0 Å². The molecule has 0 spiro atoms. The molecule has 0 bridgehead atoms. The van der Waals surface area contributed by atoms with Crippen molar-refractivity contribution in [2.24, 2.45) is 5.92 Å². The molecule has 0 saturated carbocycles. The van der Waals surface area contributed by atoms with Crippen LogP contribution in [0.25, 0.3) is 0 Å². The van der Waals surface area contributed by atoms with Gasteiger partial charge in [0, 0.05) is 21.9 Å². The summed E-state index contributed by atoms with van der Waals surface area (Å²) in [5, 5.41) is 5.85. The Balaban J connectivity index is 1.72. The second kappa shape index (κ2) is 7.77. The first kappa shape index (κ1) is 15.5. The van der Waals surface area contributed by atoms with Crippen LogP contribution in [-0.2, 0) is 6.54 Å². The van der Waals surface area contributed by atoms with E-state index in [4.69, 9.17) is 0 Å². The zero-order valence-corrected chi connectivity index (χ0v) is 14.4. The molecule has 1 aliphatic heterocycles. The summed E-state index contributed by atoms with van der Waals surface area (Å²) in [6, 6.07) is 2.76. The van der Waals surface area contributed by atoms with Crippen molar-refractivity contribution in [2.45, 2.75) is 45.7 Å². The summed E-state index contributed by atoms with van der Waals surface area (Å²) in [5.41, 5.74) is 0. The SMILES string of the molecule is CCCN1CCC(C(C)NCc2sccc2Br)CC1. The van der Waals surface area contributed by atoms with Crippen LogP contribution in [0.4, 0.5) is 0 Å². The Labute approximate surface area is 129 Å². The van der Waals surface area contributed by atoms with Gasteiger partial charge in [-0.2, -0.15) is 0 Å². The Hall–Kier alpha value is 0.100. The quantitative estimate of drug-likeness (QED) is 0.835. The van der Waals surface area contributed by atoms with E-state index in [1.807, 2.05) is 11.3 Å². The van der Waals surface area contributed by atoms with Gasteiger partial charge < -0.3 is 10.2 Å². The minimum Gasteiger partial charge on any atom is -0.309 e. The number of nitrogens with zero attached hydrogens (tertiary/aromatic N) is 1. The van der Waals surface area contributed by atoms with E-state index in [0.29, 0.717) is 6.04 Å². The van der Waals surface area contributed by atoms with Crippen molar-refractivity contribution in [1.29, 1.82) is 0 Å². The molecule has 0 amide bonds. The van der Waals surface area contributed by atoms with E-state index in [2.05, 4.69) is 51.4 Å². The first-order chi connectivity index (χ1) is 9.20. The summed E-state index contributed by atoms with van der Waals surface area (Å²) in [6.45, 7) is 9.46. The van der Waals surface area contributed by atoms with Gasteiger partial charge in [0.15, 0.2) is 0 Å². The third-order valence-corrected chi connectivity index (χ3v) is 6.08. The van der Waals surface area contributed by atoms with E-state index in [0.717, 1.165) is 12.5 Å². The topological polar surface area (TPSA) is 15.3 Å². The van der Waals surface area contributed by atoms with Crippen molar-refractivity contribution in [3.63, 3.8) is 0 Å². The van der Waals surface area contributed by atoms with Crippen LogP contribution >= 0.6 is 27.3 Å². The molecule has 1 N–H and O–H groups in total. The molecule has 1 unspecified atom stereocenters. The van der Waals surface area contributed by atoms with Crippen LogP contribution in [0.2, 0.25) is 0 Å². The fourth-order valence-electron chi connectivity index (χ4n) is 2.86. The van der Waals surface area contributed by atoms with Crippen molar-refractivity contribution >= 4 is 27.3 Å². The molecule has 1 aliphatic rings. The lowest BCUT2D eigenvalue weighted by molar-refractivity contribution is 0.162. The molecule has 2 heterocycles. The van der Waals surface area contributed by atoms with Crippen molar-refractivity contribution in [3.8, 4) is 0 Å². The third kappa shape index (κ3) is 4.55. The van der Waals surface area contributed by atoms with Gasteiger partial charge in [0.1, 0.15) is 0 Å². The number of hydrogen-bond acceptors (Lipinski definition) is 3. The molecule has 2 nitrogen and oxygen atoms in total. The average Bonchev–Trinajstić information content (AvgIpc) is 2.83.